The highest BCUT2D eigenvalue weighted by molar-refractivity contribution is 8.00. The Hall–Kier alpha value is -3.14. The van der Waals surface area contributed by atoms with Crippen LogP contribution in [0, 0.1) is 11.3 Å². The maximum Gasteiger partial charge on any atom is 0.239 e. The van der Waals surface area contributed by atoms with Crippen molar-refractivity contribution in [3.63, 3.8) is 0 Å². The van der Waals surface area contributed by atoms with Crippen LogP contribution in [0.3, 0.4) is 0 Å². The van der Waals surface area contributed by atoms with Gasteiger partial charge in [0.15, 0.2) is 0 Å². The Morgan fingerprint density at radius 2 is 1.72 bits per heavy atom. The Kier molecular flexibility index (Phi) is 7.81. The van der Waals surface area contributed by atoms with Crippen LogP contribution in [0.2, 0.25) is 0 Å². The Labute approximate surface area is 175 Å². The number of hydrogen-bond donors (Lipinski definition) is 2. The molecular formula is C23H22N4OS. The van der Waals surface area contributed by atoms with Crippen LogP contribution < -0.4 is 10.6 Å². The average molecular weight is 403 g/mol. The zero-order valence-electron chi connectivity index (χ0n) is 15.9. The molecule has 2 heterocycles. The second-order valence-corrected chi connectivity index (χ2v) is 7.56. The first-order valence-electron chi connectivity index (χ1n) is 9.38. The van der Waals surface area contributed by atoms with Crippen LogP contribution in [0.1, 0.15) is 11.1 Å². The first-order valence-corrected chi connectivity index (χ1v) is 10.3. The highest BCUT2D eigenvalue weighted by Gasteiger charge is 2.27. The topological polar surface area (TPSA) is 77.8 Å². The minimum atomic E-state index is -0.168. The maximum absolute atomic E-state index is 12.1. The Balaban J connectivity index is 0.000000343. The maximum atomic E-state index is 12.1. The van der Waals surface area contributed by atoms with Gasteiger partial charge in [-0.3, -0.25) is 4.79 Å². The fourth-order valence-electron chi connectivity index (χ4n) is 2.71. The molecule has 1 aliphatic heterocycles. The van der Waals surface area contributed by atoms with E-state index in [4.69, 9.17) is 5.26 Å². The summed E-state index contributed by atoms with van der Waals surface area (Å²) in [4.78, 5) is 16.4. The predicted octanol–water partition coefficient (Wildman–Crippen LogP) is 3.88. The highest BCUT2D eigenvalue weighted by atomic mass is 32.2. The molecule has 0 fully saturated rings. The van der Waals surface area contributed by atoms with Crippen molar-refractivity contribution >= 4 is 23.4 Å². The number of carbonyl (C=O) groups excluding carboxylic acids is 1. The normalized spacial score (nSPS) is 14.6. The molecule has 1 amide bonds. The number of carbonyl (C=O) groups is 1. The van der Waals surface area contributed by atoms with Crippen LogP contribution in [0.4, 0.5) is 5.69 Å². The number of benzene rings is 2. The fraction of sp³-hybridized carbons (Fsp3) is 0.174. The van der Waals surface area contributed by atoms with Crippen molar-refractivity contribution in [2.24, 2.45) is 0 Å². The lowest BCUT2D eigenvalue weighted by atomic mass is 10.1. The van der Waals surface area contributed by atoms with E-state index in [1.165, 1.54) is 17.3 Å². The summed E-state index contributed by atoms with van der Waals surface area (Å²) >= 11 is 1.49. The molecule has 0 spiro atoms. The number of anilines is 1. The van der Waals surface area contributed by atoms with E-state index in [1.807, 2.05) is 72.8 Å². The van der Waals surface area contributed by atoms with E-state index in [-0.39, 0.29) is 11.2 Å². The van der Waals surface area contributed by atoms with Gasteiger partial charge in [0.2, 0.25) is 5.91 Å². The minimum absolute atomic E-state index is 0.0152. The van der Waals surface area contributed by atoms with Crippen molar-refractivity contribution in [3.8, 4) is 6.07 Å². The van der Waals surface area contributed by atoms with Crippen LogP contribution in [0.25, 0.3) is 0 Å². The summed E-state index contributed by atoms with van der Waals surface area (Å²) in [6.07, 6.45) is 2.60. The smallest absolute Gasteiger partial charge is 0.239 e. The molecule has 3 aromatic rings. The third-order valence-electron chi connectivity index (χ3n) is 4.25. The van der Waals surface area contributed by atoms with Crippen LogP contribution in [0.5, 0.6) is 0 Å². The molecule has 29 heavy (non-hydrogen) atoms. The predicted molar refractivity (Wildman–Crippen MR) is 117 cm³/mol. The number of thioether (sulfide) groups is 1. The molecule has 0 unspecified atom stereocenters. The van der Waals surface area contributed by atoms with Gasteiger partial charge in [-0.05, 0) is 42.8 Å². The molecule has 4 rings (SSSR count). The monoisotopic (exact) mass is 402 g/mol. The van der Waals surface area contributed by atoms with E-state index in [9.17, 15) is 4.79 Å². The summed E-state index contributed by atoms with van der Waals surface area (Å²) in [6.45, 7) is 1.38. The van der Waals surface area contributed by atoms with Gasteiger partial charge < -0.3 is 10.6 Å². The quantitative estimate of drug-likeness (QED) is 0.633. The zero-order chi connectivity index (χ0) is 20.3. The van der Waals surface area contributed by atoms with E-state index in [1.54, 1.807) is 6.20 Å². The van der Waals surface area contributed by atoms with Gasteiger partial charge in [0.05, 0.1) is 17.3 Å². The van der Waals surface area contributed by atoms with Gasteiger partial charge in [0, 0.05) is 12.7 Å². The summed E-state index contributed by atoms with van der Waals surface area (Å²) in [5.41, 5.74) is 2.63. The number of pyridine rings is 1. The summed E-state index contributed by atoms with van der Waals surface area (Å²) in [5, 5.41) is 15.7. The number of nitrogens with one attached hydrogen (secondary N) is 2. The van der Waals surface area contributed by atoms with Crippen LogP contribution >= 0.6 is 11.8 Å². The van der Waals surface area contributed by atoms with Crippen molar-refractivity contribution in [2.45, 2.75) is 16.7 Å². The highest BCUT2D eigenvalue weighted by Crippen LogP contribution is 2.32. The molecule has 0 bridgehead atoms. The van der Waals surface area contributed by atoms with Gasteiger partial charge in [-0.2, -0.15) is 5.26 Å². The van der Waals surface area contributed by atoms with Crippen molar-refractivity contribution < 1.29 is 4.79 Å². The third-order valence-corrected chi connectivity index (χ3v) is 5.46. The first-order chi connectivity index (χ1) is 14.3. The number of aromatic nitrogens is 1. The van der Waals surface area contributed by atoms with Crippen molar-refractivity contribution in [1.82, 2.24) is 10.3 Å². The number of fused-ring (bicyclic) bond motifs is 1. The van der Waals surface area contributed by atoms with Crippen molar-refractivity contribution in [2.75, 3.05) is 18.4 Å². The molecule has 2 N–H and O–H groups in total. The minimum Gasteiger partial charge on any atom is -0.323 e. The van der Waals surface area contributed by atoms with Crippen LogP contribution in [-0.4, -0.2) is 29.2 Å². The number of rotatable bonds is 5. The fourth-order valence-corrected chi connectivity index (χ4v) is 3.72. The van der Waals surface area contributed by atoms with Crippen molar-refractivity contribution in [1.29, 1.82) is 5.26 Å². The molecular weight excluding hydrogens is 380 g/mol. The lowest BCUT2D eigenvalue weighted by Gasteiger charge is -2.23. The summed E-state index contributed by atoms with van der Waals surface area (Å²) in [7, 11) is 0. The molecule has 1 aromatic heterocycles. The first kappa shape index (κ1) is 20.6. The molecule has 1 aliphatic rings. The van der Waals surface area contributed by atoms with E-state index in [0.29, 0.717) is 12.1 Å². The Morgan fingerprint density at radius 3 is 2.38 bits per heavy atom. The SMILES string of the molecule is N#Cc1ccc(CCNC[C@H]2Sc3ncccc3NC2=O)cc1.c1ccccc1. The molecule has 0 aliphatic carbocycles. The Morgan fingerprint density at radius 1 is 1.03 bits per heavy atom. The number of nitrogens with zero attached hydrogens (tertiary/aromatic N) is 2. The Bertz CT molecular complexity index is 928. The number of amides is 1. The number of nitriles is 1. The largest absolute Gasteiger partial charge is 0.323 e. The third kappa shape index (κ3) is 6.46. The molecule has 2 aromatic carbocycles. The molecule has 0 radical (unpaired) electrons. The standard InChI is InChI=1S/C17H16N4OS.C6H6/c18-10-13-5-3-12(4-6-13)7-9-19-11-15-16(22)21-14-2-1-8-20-17(14)23-15;1-2-4-6-5-3-1/h1-6,8,15,19H,7,9,11H2,(H,21,22);1-6H/t15-;/m1./s1. The second kappa shape index (κ2) is 11.0. The molecule has 0 saturated carbocycles. The van der Waals surface area contributed by atoms with Gasteiger partial charge in [-0.25, -0.2) is 4.98 Å². The van der Waals surface area contributed by atoms with Gasteiger partial charge in [0.1, 0.15) is 10.3 Å². The van der Waals surface area contributed by atoms with Crippen molar-refractivity contribution in [3.05, 3.63) is 90.1 Å². The van der Waals surface area contributed by atoms with E-state index in [2.05, 4.69) is 21.7 Å². The molecule has 1 atom stereocenters. The molecule has 5 nitrogen and oxygen atoms in total. The second-order valence-electron chi connectivity index (χ2n) is 6.37. The number of hydrogen-bond acceptors (Lipinski definition) is 5. The zero-order valence-corrected chi connectivity index (χ0v) is 16.7. The average Bonchev–Trinajstić information content (AvgIpc) is 2.79. The summed E-state index contributed by atoms with van der Waals surface area (Å²) in [6, 6.07) is 25.4. The van der Waals surface area contributed by atoms with E-state index >= 15 is 0 Å². The van der Waals surface area contributed by atoms with Crippen LogP contribution in [0.15, 0.2) is 84.0 Å². The van der Waals surface area contributed by atoms with Crippen LogP contribution in [-0.2, 0) is 11.2 Å². The summed E-state index contributed by atoms with van der Waals surface area (Å²) in [5.74, 6) is 0.0152. The summed E-state index contributed by atoms with van der Waals surface area (Å²) < 4.78 is 0. The van der Waals surface area contributed by atoms with Gasteiger partial charge >= 0.3 is 0 Å². The lowest BCUT2D eigenvalue weighted by Crippen LogP contribution is -2.38. The van der Waals surface area contributed by atoms with Gasteiger partial charge in [0.25, 0.3) is 0 Å². The van der Waals surface area contributed by atoms with E-state index < -0.39 is 0 Å². The lowest BCUT2D eigenvalue weighted by molar-refractivity contribution is -0.115. The molecule has 6 heteroatoms. The van der Waals surface area contributed by atoms with E-state index in [0.717, 1.165) is 23.7 Å². The van der Waals surface area contributed by atoms with Gasteiger partial charge in [-0.15, -0.1) is 0 Å². The molecule has 146 valence electrons. The van der Waals surface area contributed by atoms with Gasteiger partial charge in [-0.1, -0.05) is 60.3 Å². The molecule has 0 saturated heterocycles.